The molecule has 0 aliphatic heterocycles. The van der Waals surface area contributed by atoms with Crippen molar-refractivity contribution in [2.45, 2.75) is 153 Å². The summed E-state index contributed by atoms with van der Waals surface area (Å²) in [5, 5.41) is 0. The van der Waals surface area contributed by atoms with Crippen molar-refractivity contribution in [1.29, 1.82) is 0 Å². The summed E-state index contributed by atoms with van der Waals surface area (Å²) in [5.74, 6) is 0. The van der Waals surface area contributed by atoms with E-state index in [1.165, 1.54) is 128 Å². The third-order valence-corrected chi connectivity index (χ3v) is 7.73. The third-order valence-electron chi connectivity index (χ3n) is 6.79. The van der Waals surface area contributed by atoms with Crippen LogP contribution >= 0.6 is 0 Å². The molecule has 1 rings (SSSR count). The first kappa shape index (κ1) is 34.8. The molecule has 0 amide bonds. The van der Waals surface area contributed by atoms with Gasteiger partial charge >= 0.3 is 51.4 Å². The molecule has 0 aliphatic carbocycles. The molecule has 0 bridgehead atoms. The maximum absolute atomic E-state index is 11.3. The van der Waals surface area contributed by atoms with Crippen molar-refractivity contribution in [3.63, 3.8) is 0 Å². The van der Waals surface area contributed by atoms with Crippen LogP contribution in [0.3, 0.4) is 0 Å². The molecule has 3 nitrogen and oxygen atoms in total. The smallest absolute Gasteiger partial charge is 0.744 e. The van der Waals surface area contributed by atoms with Crippen LogP contribution in [-0.2, 0) is 16.5 Å². The minimum absolute atomic E-state index is 0. The van der Waals surface area contributed by atoms with Gasteiger partial charge in [-0.05, 0) is 24.5 Å². The van der Waals surface area contributed by atoms with Crippen molar-refractivity contribution in [3.05, 3.63) is 29.8 Å². The quantitative estimate of drug-likeness (QED) is 0.0963. The van der Waals surface area contributed by atoms with E-state index in [-0.39, 0.29) is 56.3 Å². The topological polar surface area (TPSA) is 57.2 Å². The molecule has 0 unspecified atom stereocenters. The zero-order chi connectivity index (χ0) is 24.0. The van der Waals surface area contributed by atoms with Crippen LogP contribution in [0, 0.1) is 0 Å². The Morgan fingerprint density at radius 2 is 0.882 bits per heavy atom. The zero-order valence-electron chi connectivity index (χ0n) is 22.5. The number of aryl methyl sites for hydroxylation is 1. The number of unbranched alkanes of at least 4 members (excludes halogenated alkanes) is 20. The van der Waals surface area contributed by atoms with Crippen LogP contribution < -0.4 is 51.4 Å². The van der Waals surface area contributed by atoms with Gasteiger partial charge in [-0.25, -0.2) is 8.42 Å². The maximum atomic E-state index is 11.3. The molecule has 0 radical (unpaired) electrons. The minimum atomic E-state index is -4.36. The van der Waals surface area contributed by atoms with Gasteiger partial charge in [-0.1, -0.05) is 154 Å². The van der Waals surface area contributed by atoms with Crippen LogP contribution in [0.4, 0.5) is 0 Å². The normalized spacial score (nSPS) is 11.5. The molecule has 0 saturated carbocycles. The van der Waals surface area contributed by atoms with Gasteiger partial charge in [-0.15, -0.1) is 0 Å². The molecular weight excluding hydrogens is 467 g/mol. The zero-order valence-corrected chi connectivity index (χ0v) is 26.4. The van der Waals surface area contributed by atoms with Crippen LogP contribution in [-0.4, -0.2) is 13.0 Å². The Hall–Kier alpha value is 0.766. The van der Waals surface area contributed by atoms with E-state index < -0.39 is 10.1 Å². The third kappa shape index (κ3) is 19.9. The Labute approximate surface area is 254 Å². The first-order valence-electron chi connectivity index (χ1n) is 14.1. The molecule has 0 fully saturated rings. The Bertz CT molecular complexity index is 676. The van der Waals surface area contributed by atoms with E-state index in [2.05, 4.69) is 6.92 Å². The fraction of sp³-hybridized carbons (Fsp3) is 0.793. The van der Waals surface area contributed by atoms with Gasteiger partial charge < -0.3 is 4.55 Å². The second kappa shape index (κ2) is 24.1. The fourth-order valence-electron chi connectivity index (χ4n) is 4.70. The molecule has 1 aromatic carbocycles. The van der Waals surface area contributed by atoms with Gasteiger partial charge in [-0.2, -0.15) is 0 Å². The molecule has 0 atom stereocenters. The average molecular weight is 519 g/mol. The van der Waals surface area contributed by atoms with Crippen LogP contribution in [0.5, 0.6) is 0 Å². The second-order valence-corrected chi connectivity index (χ2v) is 11.2. The van der Waals surface area contributed by atoms with E-state index in [4.69, 9.17) is 0 Å². The number of hydrogen-bond acceptors (Lipinski definition) is 3. The molecule has 0 spiro atoms. The van der Waals surface area contributed by atoms with Crippen LogP contribution in [0.1, 0.15) is 147 Å². The summed E-state index contributed by atoms with van der Waals surface area (Å²) >= 11 is 0. The predicted molar refractivity (Wildman–Crippen MR) is 141 cm³/mol. The summed E-state index contributed by atoms with van der Waals surface area (Å²) in [6.07, 6.45) is 29.1. The van der Waals surface area contributed by atoms with Crippen molar-refractivity contribution in [2.75, 3.05) is 0 Å². The molecule has 1 aromatic rings. The van der Waals surface area contributed by atoms with Gasteiger partial charge in [0.1, 0.15) is 10.1 Å². The summed E-state index contributed by atoms with van der Waals surface area (Å²) in [5.41, 5.74) is 0.672. The molecule has 5 heteroatoms. The van der Waals surface area contributed by atoms with Crippen LogP contribution in [0.25, 0.3) is 0 Å². The van der Waals surface area contributed by atoms with Crippen molar-refractivity contribution in [1.82, 2.24) is 0 Å². The number of benzene rings is 1. The van der Waals surface area contributed by atoms with Gasteiger partial charge in [0.05, 0.1) is 4.90 Å². The Morgan fingerprint density at radius 1 is 0.559 bits per heavy atom. The predicted octanol–water partition coefficient (Wildman–Crippen LogP) is 6.35. The summed E-state index contributed by atoms with van der Waals surface area (Å²) in [4.78, 5) is -0.0434. The van der Waals surface area contributed by atoms with Crippen molar-refractivity contribution >= 4 is 10.1 Å². The number of hydrogen-bond donors (Lipinski definition) is 0. The van der Waals surface area contributed by atoms with Crippen molar-refractivity contribution < 1.29 is 64.4 Å². The van der Waals surface area contributed by atoms with Gasteiger partial charge in [0.2, 0.25) is 0 Å². The SMILES string of the molecule is CCCCCCCCCCCCCCCCCCCCCCCc1ccccc1S(=O)(=O)[O-].[K+]. The summed E-state index contributed by atoms with van der Waals surface area (Å²) in [7, 11) is -4.36. The van der Waals surface area contributed by atoms with Crippen LogP contribution in [0.2, 0.25) is 0 Å². The largest absolute Gasteiger partial charge is 1.00 e. The monoisotopic (exact) mass is 518 g/mol. The van der Waals surface area contributed by atoms with Gasteiger partial charge in [0.25, 0.3) is 0 Å². The number of rotatable bonds is 23. The first-order chi connectivity index (χ1) is 16.1. The summed E-state index contributed by atoms with van der Waals surface area (Å²) < 4.78 is 33.9. The van der Waals surface area contributed by atoms with Crippen molar-refractivity contribution in [2.24, 2.45) is 0 Å². The molecule has 0 aromatic heterocycles. The van der Waals surface area contributed by atoms with E-state index >= 15 is 0 Å². The van der Waals surface area contributed by atoms with Gasteiger partial charge in [0, 0.05) is 0 Å². The molecule has 0 N–H and O–H groups in total. The maximum Gasteiger partial charge on any atom is 1.00 e. The average Bonchev–Trinajstić information content (AvgIpc) is 2.79. The van der Waals surface area contributed by atoms with E-state index in [0.717, 1.165) is 12.8 Å². The van der Waals surface area contributed by atoms with E-state index in [1.807, 2.05) is 0 Å². The minimum Gasteiger partial charge on any atom is -0.744 e. The van der Waals surface area contributed by atoms with Gasteiger partial charge in [0.15, 0.2) is 0 Å². The molecule has 192 valence electrons. The summed E-state index contributed by atoms with van der Waals surface area (Å²) in [6, 6.07) is 6.61. The summed E-state index contributed by atoms with van der Waals surface area (Å²) in [6.45, 7) is 2.28. The Balaban J connectivity index is 0.0000109. The second-order valence-electron chi connectivity index (χ2n) is 9.88. The van der Waals surface area contributed by atoms with Gasteiger partial charge in [-0.3, -0.25) is 0 Å². The van der Waals surface area contributed by atoms with E-state index in [1.54, 1.807) is 18.2 Å². The van der Waals surface area contributed by atoms with Crippen molar-refractivity contribution in [3.8, 4) is 0 Å². The molecule has 0 saturated heterocycles. The van der Waals surface area contributed by atoms with E-state index in [9.17, 15) is 13.0 Å². The Morgan fingerprint density at radius 3 is 1.24 bits per heavy atom. The van der Waals surface area contributed by atoms with E-state index in [0.29, 0.717) is 12.0 Å². The van der Waals surface area contributed by atoms with Crippen LogP contribution in [0.15, 0.2) is 29.2 Å². The first-order valence-corrected chi connectivity index (χ1v) is 15.5. The fourth-order valence-corrected chi connectivity index (χ4v) is 5.44. The molecule has 0 aliphatic rings. The molecule has 0 heterocycles. The molecular formula is C29H51KO3S. The standard InChI is InChI=1S/C29H52O3S.K/c1-2-3-4-5-6-7-8-9-10-11-12-13-14-15-16-17-18-19-20-21-22-25-28-26-23-24-27-29(28)33(30,31)32;/h23-24,26-27H,2-22,25H2,1H3,(H,30,31,32);/q;+1/p-1. The Kier molecular flexibility index (Phi) is 24.7. The molecule has 34 heavy (non-hydrogen) atoms.